The highest BCUT2D eigenvalue weighted by atomic mass is 79.9. The van der Waals surface area contributed by atoms with Crippen molar-refractivity contribution in [1.29, 1.82) is 0 Å². The van der Waals surface area contributed by atoms with Crippen LogP contribution in [0, 0.1) is 0 Å². The fourth-order valence-corrected chi connectivity index (χ4v) is 4.65. The molecule has 11 heteroatoms. The fourth-order valence-electron chi connectivity index (χ4n) is 4.00. The van der Waals surface area contributed by atoms with Crippen LogP contribution in [-0.2, 0) is 0 Å². The second-order valence-corrected chi connectivity index (χ2v) is 8.69. The molecule has 0 atom stereocenters. The molecular weight excluding hydrogens is 462 g/mol. The number of aromatic amines is 2. The normalized spacial score (nSPS) is 15.3. The van der Waals surface area contributed by atoms with Crippen molar-refractivity contribution in [3.05, 3.63) is 35.0 Å². The molecule has 0 bridgehead atoms. The predicted molar refractivity (Wildman–Crippen MR) is 121 cm³/mol. The molecule has 0 spiro atoms. The third kappa shape index (κ3) is 3.63. The Hall–Kier alpha value is -3.05. The van der Waals surface area contributed by atoms with Crippen LogP contribution >= 0.6 is 15.9 Å². The van der Waals surface area contributed by atoms with Gasteiger partial charge in [0.2, 0.25) is 0 Å². The number of rotatable bonds is 4. The summed E-state index contributed by atoms with van der Waals surface area (Å²) >= 11 is 3.61. The number of hydrogen-bond acceptors (Lipinski definition) is 7. The highest BCUT2D eigenvalue weighted by Crippen LogP contribution is 2.33. The van der Waals surface area contributed by atoms with Gasteiger partial charge in [-0.25, -0.2) is 15.0 Å². The van der Waals surface area contributed by atoms with E-state index in [0.29, 0.717) is 38.9 Å². The Bertz CT molecular complexity index is 1260. The molecule has 1 fully saturated rings. The molecule has 5 rings (SSSR count). The van der Waals surface area contributed by atoms with Crippen molar-refractivity contribution in [3.8, 4) is 0 Å². The lowest BCUT2D eigenvalue weighted by molar-refractivity contribution is 0.0657. The van der Waals surface area contributed by atoms with Crippen molar-refractivity contribution in [2.75, 3.05) is 32.5 Å². The summed E-state index contributed by atoms with van der Waals surface area (Å²) in [5.41, 5.74) is 1.92. The lowest BCUT2D eigenvalue weighted by Crippen LogP contribution is -2.44. The number of carbonyl (C=O) groups excluding carboxylic acids is 1. The molecule has 0 aromatic carbocycles. The molecule has 0 aliphatic carbocycles. The van der Waals surface area contributed by atoms with Crippen LogP contribution in [0.4, 0.5) is 11.6 Å². The number of nitrogens with one attached hydrogen (secondary N) is 3. The van der Waals surface area contributed by atoms with Gasteiger partial charge in [-0.2, -0.15) is 5.10 Å². The summed E-state index contributed by atoms with van der Waals surface area (Å²) in [6.07, 6.45) is 6.83. The minimum absolute atomic E-state index is 0.0361. The first kappa shape index (κ1) is 19.9. The van der Waals surface area contributed by atoms with Crippen LogP contribution in [0.1, 0.15) is 23.3 Å². The summed E-state index contributed by atoms with van der Waals surface area (Å²) in [5.74, 6) is 1.15. The number of aromatic nitrogens is 6. The van der Waals surface area contributed by atoms with E-state index >= 15 is 0 Å². The number of nitrogens with zero attached hydrogens (tertiary/aromatic N) is 6. The minimum atomic E-state index is -0.0361. The van der Waals surface area contributed by atoms with Crippen LogP contribution < -0.4 is 5.32 Å². The topological polar surface area (TPSA) is 119 Å². The van der Waals surface area contributed by atoms with Crippen molar-refractivity contribution in [1.82, 2.24) is 39.9 Å². The molecule has 1 saturated heterocycles. The summed E-state index contributed by atoms with van der Waals surface area (Å²) < 4.78 is 0.648. The van der Waals surface area contributed by atoms with Gasteiger partial charge in [0.05, 0.1) is 27.8 Å². The number of fused-ring (bicyclic) bond motifs is 2. The van der Waals surface area contributed by atoms with Gasteiger partial charge in [-0.05, 0) is 48.9 Å². The number of amides is 1. The van der Waals surface area contributed by atoms with Gasteiger partial charge in [0, 0.05) is 24.5 Å². The van der Waals surface area contributed by atoms with Gasteiger partial charge >= 0.3 is 0 Å². The molecule has 160 valence electrons. The summed E-state index contributed by atoms with van der Waals surface area (Å²) in [6, 6.07) is 2.39. The number of piperidine rings is 1. The lowest BCUT2D eigenvalue weighted by Gasteiger charge is -2.35. The van der Waals surface area contributed by atoms with Crippen molar-refractivity contribution in [3.63, 3.8) is 0 Å². The Labute approximate surface area is 186 Å². The Balaban J connectivity index is 1.44. The Morgan fingerprint density at radius 3 is 2.81 bits per heavy atom. The van der Waals surface area contributed by atoms with E-state index in [1.165, 1.54) is 6.33 Å². The molecule has 10 nitrogen and oxygen atoms in total. The number of hydrogen-bond donors (Lipinski definition) is 3. The monoisotopic (exact) mass is 483 g/mol. The fraction of sp³-hybridized carbons (Fsp3) is 0.350. The van der Waals surface area contributed by atoms with Crippen molar-refractivity contribution < 1.29 is 4.79 Å². The first-order valence-electron chi connectivity index (χ1n) is 10.1. The lowest BCUT2D eigenvalue weighted by atomic mass is 10.0. The van der Waals surface area contributed by atoms with E-state index in [9.17, 15) is 4.79 Å². The molecule has 1 aliphatic heterocycles. The number of halogens is 1. The third-order valence-electron chi connectivity index (χ3n) is 5.80. The molecule has 0 saturated carbocycles. The maximum Gasteiger partial charge on any atom is 0.271 e. The van der Waals surface area contributed by atoms with Crippen molar-refractivity contribution >= 4 is 55.4 Å². The quantitative estimate of drug-likeness (QED) is 0.408. The van der Waals surface area contributed by atoms with Crippen molar-refractivity contribution in [2.45, 2.75) is 18.9 Å². The predicted octanol–water partition coefficient (Wildman–Crippen LogP) is 2.90. The van der Waals surface area contributed by atoms with Crippen LogP contribution in [0.3, 0.4) is 0 Å². The van der Waals surface area contributed by atoms with Gasteiger partial charge in [0.1, 0.15) is 29.3 Å². The second kappa shape index (κ2) is 7.89. The molecule has 31 heavy (non-hydrogen) atoms. The number of carbonyl (C=O) groups is 1. The van der Waals surface area contributed by atoms with E-state index < -0.39 is 0 Å². The molecule has 0 unspecified atom stereocenters. The maximum atomic E-state index is 13.2. The highest BCUT2D eigenvalue weighted by molar-refractivity contribution is 9.10. The SMILES string of the molecule is CN(C)C1CCN(C(=O)c2[nH]c3ncnc(Nc4cc5cn[nH]c5cn4)c3c2Br)CC1. The van der Waals surface area contributed by atoms with E-state index in [2.05, 4.69) is 70.4 Å². The van der Waals surface area contributed by atoms with Crippen molar-refractivity contribution in [2.24, 2.45) is 0 Å². The highest BCUT2D eigenvalue weighted by Gasteiger charge is 2.28. The first-order valence-corrected chi connectivity index (χ1v) is 10.8. The molecule has 3 N–H and O–H groups in total. The van der Waals surface area contributed by atoms with Gasteiger partial charge in [-0.1, -0.05) is 0 Å². The average molecular weight is 484 g/mol. The zero-order chi connectivity index (χ0) is 21.5. The van der Waals surface area contributed by atoms with E-state index in [1.54, 1.807) is 12.4 Å². The van der Waals surface area contributed by atoms with E-state index in [0.717, 1.165) is 36.8 Å². The zero-order valence-electron chi connectivity index (χ0n) is 17.2. The first-order chi connectivity index (χ1) is 15.0. The number of likely N-dealkylation sites (tertiary alicyclic amines) is 1. The van der Waals surface area contributed by atoms with Crippen LogP contribution in [0.2, 0.25) is 0 Å². The number of pyridine rings is 1. The summed E-state index contributed by atoms with van der Waals surface area (Å²) in [5, 5.41) is 11.8. The summed E-state index contributed by atoms with van der Waals surface area (Å²) in [7, 11) is 4.17. The molecule has 4 aromatic rings. The summed E-state index contributed by atoms with van der Waals surface area (Å²) in [4.78, 5) is 33.6. The van der Waals surface area contributed by atoms with Gasteiger partial charge in [0.25, 0.3) is 5.91 Å². The van der Waals surface area contributed by atoms with Crippen LogP contribution in [0.5, 0.6) is 0 Å². The minimum Gasteiger partial charge on any atom is -0.337 e. The molecular formula is C20H22BrN9O. The van der Waals surface area contributed by atoms with Gasteiger partial charge < -0.3 is 20.1 Å². The van der Waals surface area contributed by atoms with Gasteiger partial charge in [-0.15, -0.1) is 0 Å². The molecule has 5 heterocycles. The Morgan fingerprint density at radius 1 is 1.23 bits per heavy atom. The average Bonchev–Trinajstić information content (AvgIpc) is 3.38. The molecule has 4 aromatic heterocycles. The molecule has 1 aliphatic rings. The van der Waals surface area contributed by atoms with Crippen LogP contribution in [0.15, 0.2) is 29.3 Å². The van der Waals surface area contributed by atoms with E-state index in [4.69, 9.17) is 0 Å². The Morgan fingerprint density at radius 2 is 2.03 bits per heavy atom. The van der Waals surface area contributed by atoms with Crippen LogP contribution in [-0.4, -0.2) is 79.1 Å². The third-order valence-corrected chi connectivity index (χ3v) is 6.59. The molecule has 1 amide bonds. The number of anilines is 2. The Kier molecular flexibility index (Phi) is 5.06. The smallest absolute Gasteiger partial charge is 0.271 e. The second-order valence-electron chi connectivity index (χ2n) is 7.90. The van der Waals surface area contributed by atoms with Gasteiger partial charge in [-0.3, -0.25) is 9.89 Å². The number of H-pyrrole nitrogens is 2. The van der Waals surface area contributed by atoms with E-state index in [-0.39, 0.29) is 5.91 Å². The molecule has 0 radical (unpaired) electrons. The zero-order valence-corrected chi connectivity index (χ0v) is 18.8. The van der Waals surface area contributed by atoms with E-state index in [1.807, 2.05) is 11.0 Å². The standard InChI is InChI=1S/C20H22BrN9O/c1-29(2)12-3-5-30(6-4-12)20(31)17-16(21)15-18(23-10-24-19(15)27-17)26-14-7-11-8-25-28-13(11)9-22-14/h7-10,12H,3-6H2,1-2H3,(H,25,28)(H2,22,23,24,26,27). The maximum absolute atomic E-state index is 13.2. The summed E-state index contributed by atoms with van der Waals surface area (Å²) in [6.45, 7) is 1.46. The van der Waals surface area contributed by atoms with Crippen LogP contribution in [0.25, 0.3) is 21.9 Å². The largest absolute Gasteiger partial charge is 0.337 e. The van der Waals surface area contributed by atoms with Gasteiger partial charge in [0.15, 0.2) is 0 Å².